The minimum absolute atomic E-state index is 0.0601. The maximum absolute atomic E-state index is 12.4. The molecule has 0 unspecified atom stereocenters. The number of carbonyl (C=O) groups is 1. The van der Waals surface area contributed by atoms with Gasteiger partial charge in [-0.15, -0.1) is 0 Å². The number of ether oxygens (including phenoxy) is 1. The van der Waals surface area contributed by atoms with E-state index in [4.69, 9.17) is 9.15 Å². The summed E-state index contributed by atoms with van der Waals surface area (Å²) in [6, 6.07) is 11.3. The van der Waals surface area contributed by atoms with E-state index in [1.165, 1.54) is 0 Å². The first kappa shape index (κ1) is 17.5. The van der Waals surface area contributed by atoms with Gasteiger partial charge in [0.2, 0.25) is 0 Å². The highest BCUT2D eigenvalue weighted by Crippen LogP contribution is 2.14. The van der Waals surface area contributed by atoms with Crippen molar-refractivity contribution in [3.63, 3.8) is 0 Å². The fourth-order valence-electron chi connectivity index (χ4n) is 2.93. The standard InChI is InChI=1S/C19H24N2O4/c1-15-7-12-24-18(15)19(23)21-10-8-20(9-11-21)13-16(22)14-25-17-5-3-2-4-6-17/h2-7,12,16,22H,8-11,13-14H2,1H3/t16-/m1/s1. The van der Waals surface area contributed by atoms with Crippen LogP contribution in [0.15, 0.2) is 47.1 Å². The van der Waals surface area contributed by atoms with Gasteiger partial charge in [-0.05, 0) is 25.1 Å². The van der Waals surface area contributed by atoms with Crippen molar-refractivity contribution >= 4 is 5.91 Å². The molecule has 0 bridgehead atoms. The Kier molecular flexibility index (Phi) is 5.73. The number of aliphatic hydroxyl groups is 1. The Hall–Kier alpha value is -2.31. The number of carbonyl (C=O) groups excluding carboxylic acids is 1. The molecule has 1 aromatic carbocycles. The zero-order chi connectivity index (χ0) is 17.6. The van der Waals surface area contributed by atoms with Gasteiger partial charge in [-0.3, -0.25) is 9.69 Å². The molecule has 1 saturated heterocycles. The molecular formula is C19H24N2O4. The smallest absolute Gasteiger partial charge is 0.289 e. The number of hydrogen-bond acceptors (Lipinski definition) is 5. The van der Waals surface area contributed by atoms with Crippen molar-refractivity contribution in [2.45, 2.75) is 13.0 Å². The summed E-state index contributed by atoms with van der Waals surface area (Å²) in [7, 11) is 0. The molecule has 1 amide bonds. The molecule has 3 rings (SSSR count). The summed E-state index contributed by atoms with van der Waals surface area (Å²) in [6.45, 7) is 5.39. The van der Waals surface area contributed by atoms with Crippen molar-refractivity contribution in [3.05, 3.63) is 54.0 Å². The summed E-state index contributed by atoms with van der Waals surface area (Å²) in [6.07, 6.45) is 0.983. The van der Waals surface area contributed by atoms with Gasteiger partial charge in [0.15, 0.2) is 5.76 Å². The number of para-hydroxylation sites is 1. The number of aliphatic hydroxyl groups excluding tert-OH is 1. The maximum Gasteiger partial charge on any atom is 0.289 e. The summed E-state index contributed by atoms with van der Waals surface area (Å²) in [4.78, 5) is 16.4. The highest BCUT2D eigenvalue weighted by molar-refractivity contribution is 5.92. The van der Waals surface area contributed by atoms with Gasteiger partial charge in [-0.1, -0.05) is 18.2 Å². The van der Waals surface area contributed by atoms with Crippen LogP contribution in [0.25, 0.3) is 0 Å². The number of amides is 1. The summed E-state index contributed by atoms with van der Waals surface area (Å²) >= 11 is 0. The number of benzene rings is 1. The Morgan fingerprint density at radius 1 is 1.20 bits per heavy atom. The van der Waals surface area contributed by atoms with Crippen molar-refractivity contribution in [1.82, 2.24) is 9.80 Å². The average Bonchev–Trinajstić information content (AvgIpc) is 3.07. The monoisotopic (exact) mass is 344 g/mol. The van der Waals surface area contributed by atoms with Gasteiger partial charge in [0, 0.05) is 38.3 Å². The van der Waals surface area contributed by atoms with Crippen molar-refractivity contribution in [1.29, 1.82) is 0 Å². The molecule has 1 aliphatic heterocycles. The number of aryl methyl sites for hydroxylation is 1. The van der Waals surface area contributed by atoms with Gasteiger partial charge < -0.3 is 19.2 Å². The van der Waals surface area contributed by atoms with E-state index in [9.17, 15) is 9.90 Å². The Balaban J connectivity index is 1.41. The van der Waals surface area contributed by atoms with Crippen molar-refractivity contribution in [2.75, 3.05) is 39.3 Å². The first-order valence-electron chi connectivity index (χ1n) is 8.55. The van der Waals surface area contributed by atoms with E-state index in [0.29, 0.717) is 25.4 Å². The fourth-order valence-corrected chi connectivity index (χ4v) is 2.93. The SMILES string of the molecule is Cc1ccoc1C(=O)N1CCN(C[C@@H](O)COc2ccccc2)CC1. The van der Waals surface area contributed by atoms with E-state index in [0.717, 1.165) is 24.4 Å². The van der Waals surface area contributed by atoms with Crippen LogP contribution in [0.4, 0.5) is 0 Å². The number of nitrogens with zero attached hydrogens (tertiary/aromatic N) is 2. The van der Waals surface area contributed by atoms with Crippen LogP contribution in [0, 0.1) is 6.92 Å². The molecule has 25 heavy (non-hydrogen) atoms. The van der Waals surface area contributed by atoms with E-state index in [1.807, 2.05) is 37.3 Å². The molecule has 0 radical (unpaired) electrons. The van der Waals surface area contributed by atoms with Crippen LogP contribution >= 0.6 is 0 Å². The largest absolute Gasteiger partial charge is 0.491 e. The molecule has 2 aromatic rings. The molecular weight excluding hydrogens is 320 g/mol. The van der Waals surface area contributed by atoms with Crippen LogP contribution in [0.2, 0.25) is 0 Å². The van der Waals surface area contributed by atoms with Gasteiger partial charge in [-0.2, -0.15) is 0 Å². The third kappa shape index (κ3) is 4.61. The van der Waals surface area contributed by atoms with Crippen LogP contribution in [-0.4, -0.2) is 66.2 Å². The number of furan rings is 1. The second kappa shape index (κ2) is 8.18. The normalized spacial score (nSPS) is 16.6. The van der Waals surface area contributed by atoms with Crippen molar-refractivity contribution < 1.29 is 19.1 Å². The molecule has 0 aliphatic carbocycles. The van der Waals surface area contributed by atoms with E-state index >= 15 is 0 Å². The second-order valence-corrected chi connectivity index (χ2v) is 6.30. The third-order valence-corrected chi connectivity index (χ3v) is 4.37. The first-order valence-corrected chi connectivity index (χ1v) is 8.55. The minimum atomic E-state index is -0.560. The zero-order valence-electron chi connectivity index (χ0n) is 14.4. The Morgan fingerprint density at radius 3 is 2.56 bits per heavy atom. The van der Waals surface area contributed by atoms with E-state index < -0.39 is 6.10 Å². The highest BCUT2D eigenvalue weighted by Gasteiger charge is 2.25. The minimum Gasteiger partial charge on any atom is -0.491 e. The lowest BCUT2D eigenvalue weighted by Gasteiger charge is -2.35. The highest BCUT2D eigenvalue weighted by atomic mass is 16.5. The van der Waals surface area contributed by atoms with E-state index in [1.54, 1.807) is 17.2 Å². The maximum atomic E-state index is 12.4. The number of piperazine rings is 1. The van der Waals surface area contributed by atoms with Crippen molar-refractivity contribution in [2.24, 2.45) is 0 Å². The summed E-state index contributed by atoms with van der Waals surface area (Å²) in [5.41, 5.74) is 0.862. The van der Waals surface area contributed by atoms with Crippen LogP contribution in [0.1, 0.15) is 16.1 Å². The molecule has 2 heterocycles. The van der Waals surface area contributed by atoms with E-state index in [-0.39, 0.29) is 12.5 Å². The average molecular weight is 344 g/mol. The first-order chi connectivity index (χ1) is 12.1. The molecule has 1 fully saturated rings. The van der Waals surface area contributed by atoms with Crippen LogP contribution in [-0.2, 0) is 0 Å². The lowest BCUT2D eigenvalue weighted by molar-refractivity contribution is 0.0389. The molecule has 0 spiro atoms. The molecule has 134 valence electrons. The topological polar surface area (TPSA) is 66.2 Å². The summed E-state index contributed by atoms with van der Waals surface area (Å²) in [5, 5.41) is 10.2. The third-order valence-electron chi connectivity index (χ3n) is 4.37. The molecule has 1 atom stereocenters. The second-order valence-electron chi connectivity index (χ2n) is 6.30. The van der Waals surface area contributed by atoms with Crippen LogP contribution < -0.4 is 4.74 Å². The molecule has 1 aromatic heterocycles. The van der Waals surface area contributed by atoms with E-state index in [2.05, 4.69) is 4.90 Å². The van der Waals surface area contributed by atoms with Gasteiger partial charge in [-0.25, -0.2) is 0 Å². The number of β-amino-alcohol motifs (C(OH)–C–C–N with tert-alkyl or cyclic N) is 1. The zero-order valence-corrected chi connectivity index (χ0v) is 14.4. The lowest BCUT2D eigenvalue weighted by Crippen LogP contribution is -2.51. The quantitative estimate of drug-likeness (QED) is 0.865. The fraction of sp³-hybridized carbons (Fsp3) is 0.421. The van der Waals surface area contributed by atoms with Gasteiger partial charge in [0.05, 0.1) is 6.26 Å². The molecule has 1 aliphatic rings. The Morgan fingerprint density at radius 2 is 1.92 bits per heavy atom. The van der Waals surface area contributed by atoms with Gasteiger partial charge in [0.25, 0.3) is 5.91 Å². The molecule has 6 nitrogen and oxygen atoms in total. The lowest BCUT2D eigenvalue weighted by atomic mass is 10.2. The molecule has 1 N–H and O–H groups in total. The van der Waals surface area contributed by atoms with Gasteiger partial charge in [0.1, 0.15) is 18.5 Å². The predicted octanol–water partition coefficient (Wildman–Crippen LogP) is 1.79. The van der Waals surface area contributed by atoms with Gasteiger partial charge >= 0.3 is 0 Å². The Labute approximate surface area is 147 Å². The number of hydrogen-bond donors (Lipinski definition) is 1. The molecule has 6 heteroatoms. The Bertz CT molecular complexity index is 678. The van der Waals surface area contributed by atoms with Crippen LogP contribution in [0.5, 0.6) is 5.75 Å². The number of rotatable bonds is 6. The van der Waals surface area contributed by atoms with Crippen LogP contribution in [0.3, 0.4) is 0 Å². The predicted molar refractivity (Wildman–Crippen MR) is 93.7 cm³/mol. The summed E-state index contributed by atoms with van der Waals surface area (Å²) < 4.78 is 10.9. The summed E-state index contributed by atoms with van der Waals surface area (Å²) in [5.74, 6) is 1.12. The van der Waals surface area contributed by atoms with Crippen molar-refractivity contribution in [3.8, 4) is 5.75 Å². The molecule has 0 saturated carbocycles.